The van der Waals surface area contributed by atoms with Crippen molar-refractivity contribution in [1.82, 2.24) is 4.98 Å². The van der Waals surface area contributed by atoms with E-state index >= 15 is 0 Å². The Bertz CT molecular complexity index is 510. The molecule has 0 aliphatic rings. The number of aromatic nitrogens is 1. The number of nitrogens with zero attached hydrogens (tertiary/aromatic N) is 1. The fourth-order valence-corrected chi connectivity index (χ4v) is 2.75. The van der Waals surface area contributed by atoms with E-state index in [4.69, 9.17) is 22.1 Å². The highest BCUT2D eigenvalue weighted by Gasteiger charge is 2.10. The molecule has 6 heteroatoms. The molecule has 0 atom stereocenters. The zero-order valence-electron chi connectivity index (χ0n) is 8.33. The highest BCUT2D eigenvalue weighted by atomic mass is 79.9. The smallest absolute Gasteiger partial charge is 0.149 e. The second kappa shape index (κ2) is 4.61. The van der Waals surface area contributed by atoms with Gasteiger partial charge in [-0.15, -0.1) is 11.3 Å². The van der Waals surface area contributed by atoms with Gasteiger partial charge in [0.15, 0.2) is 0 Å². The van der Waals surface area contributed by atoms with Gasteiger partial charge in [-0.3, -0.25) is 0 Å². The lowest BCUT2D eigenvalue weighted by molar-refractivity contribution is 0.415. The minimum Gasteiger partial charge on any atom is -0.495 e. The zero-order valence-corrected chi connectivity index (χ0v) is 11.5. The largest absolute Gasteiger partial charge is 0.495 e. The Kier molecular flexibility index (Phi) is 3.37. The summed E-state index contributed by atoms with van der Waals surface area (Å²) in [5, 5.41) is 1.39. The molecule has 3 nitrogen and oxygen atoms in total. The lowest BCUT2D eigenvalue weighted by Gasteiger charge is -2.03. The van der Waals surface area contributed by atoms with Crippen LogP contribution in [-0.2, 0) is 0 Å². The quantitative estimate of drug-likeness (QED) is 0.915. The van der Waals surface area contributed by atoms with E-state index in [1.54, 1.807) is 7.11 Å². The van der Waals surface area contributed by atoms with Crippen LogP contribution in [0.25, 0.3) is 10.6 Å². The Balaban J connectivity index is 2.45. The lowest BCUT2D eigenvalue weighted by atomic mass is 10.2. The van der Waals surface area contributed by atoms with Gasteiger partial charge in [0.1, 0.15) is 20.4 Å². The van der Waals surface area contributed by atoms with E-state index in [9.17, 15) is 0 Å². The second-order valence-electron chi connectivity index (χ2n) is 3.03. The maximum absolute atomic E-state index is 6.03. The first kappa shape index (κ1) is 11.7. The molecule has 0 saturated heterocycles. The predicted octanol–water partition coefficient (Wildman–Crippen LogP) is 3.82. The first-order chi connectivity index (χ1) is 7.61. The van der Waals surface area contributed by atoms with Crippen molar-refractivity contribution in [1.29, 1.82) is 0 Å². The van der Waals surface area contributed by atoms with Crippen LogP contribution in [0.3, 0.4) is 0 Å². The van der Waals surface area contributed by atoms with Gasteiger partial charge in [-0.1, -0.05) is 11.6 Å². The summed E-state index contributed by atoms with van der Waals surface area (Å²) in [6, 6.07) is 5.52. The third-order valence-electron chi connectivity index (χ3n) is 2.01. The number of thiazole rings is 1. The Morgan fingerprint density at radius 1 is 1.50 bits per heavy atom. The average molecular weight is 320 g/mol. The molecule has 1 aromatic heterocycles. The van der Waals surface area contributed by atoms with E-state index in [-0.39, 0.29) is 0 Å². The zero-order chi connectivity index (χ0) is 11.7. The monoisotopic (exact) mass is 318 g/mol. The third-order valence-corrected chi connectivity index (χ3v) is 4.10. The minimum atomic E-state index is 0.493. The Morgan fingerprint density at radius 2 is 2.25 bits per heavy atom. The molecule has 0 unspecified atom stereocenters. The summed E-state index contributed by atoms with van der Waals surface area (Å²) in [5.74, 6) is 1.14. The van der Waals surface area contributed by atoms with Crippen molar-refractivity contribution < 1.29 is 4.74 Å². The lowest BCUT2D eigenvalue weighted by Crippen LogP contribution is -1.86. The molecule has 0 aliphatic heterocycles. The van der Waals surface area contributed by atoms with Gasteiger partial charge in [-0.2, -0.15) is 0 Å². The second-order valence-corrected chi connectivity index (χ2v) is 5.75. The van der Waals surface area contributed by atoms with Crippen molar-refractivity contribution in [2.45, 2.75) is 0 Å². The molecule has 2 aromatic rings. The van der Waals surface area contributed by atoms with E-state index in [0.29, 0.717) is 16.6 Å². The number of ether oxygens (including phenoxy) is 1. The van der Waals surface area contributed by atoms with Crippen molar-refractivity contribution >= 4 is 44.7 Å². The number of hydrogen-bond acceptors (Lipinski definition) is 4. The summed E-state index contributed by atoms with van der Waals surface area (Å²) >= 11 is 10.8. The van der Waals surface area contributed by atoms with Crippen LogP contribution in [0.5, 0.6) is 5.75 Å². The normalized spacial score (nSPS) is 10.4. The molecule has 16 heavy (non-hydrogen) atoms. The molecule has 0 saturated carbocycles. The van der Waals surface area contributed by atoms with Gasteiger partial charge in [0.05, 0.1) is 12.1 Å². The molecule has 2 N–H and O–H groups in total. The van der Waals surface area contributed by atoms with Crippen molar-refractivity contribution in [3.05, 3.63) is 27.0 Å². The average Bonchev–Trinajstić information content (AvgIpc) is 2.59. The van der Waals surface area contributed by atoms with Gasteiger partial charge in [-0.05, 0) is 34.1 Å². The first-order valence-electron chi connectivity index (χ1n) is 4.37. The van der Waals surface area contributed by atoms with Crippen LogP contribution in [0, 0.1) is 0 Å². The summed E-state index contributed by atoms with van der Waals surface area (Å²) in [6.07, 6.45) is 0. The van der Waals surface area contributed by atoms with Crippen LogP contribution in [0.2, 0.25) is 5.02 Å². The summed E-state index contributed by atoms with van der Waals surface area (Å²) in [4.78, 5) is 4.23. The molecule has 2 rings (SSSR count). The molecule has 1 heterocycles. The van der Waals surface area contributed by atoms with Gasteiger partial charge in [0, 0.05) is 5.56 Å². The fraction of sp³-hybridized carbons (Fsp3) is 0.100. The SMILES string of the molecule is COc1ccc(-c2nc(N)c(Br)s2)cc1Cl. The number of methoxy groups -OCH3 is 1. The molecular weight excluding hydrogens is 312 g/mol. The van der Waals surface area contributed by atoms with Crippen molar-refractivity contribution in [3.8, 4) is 16.3 Å². The first-order valence-corrected chi connectivity index (χ1v) is 6.36. The van der Waals surface area contributed by atoms with Crippen LogP contribution >= 0.6 is 38.9 Å². The van der Waals surface area contributed by atoms with Gasteiger partial charge in [0.2, 0.25) is 0 Å². The number of benzene rings is 1. The Labute approximate surface area is 110 Å². The van der Waals surface area contributed by atoms with Crippen LogP contribution in [0.1, 0.15) is 0 Å². The third kappa shape index (κ3) is 2.16. The molecule has 0 amide bonds. The molecule has 0 spiro atoms. The van der Waals surface area contributed by atoms with Crippen molar-refractivity contribution in [3.63, 3.8) is 0 Å². The molecule has 0 aliphatic carbocycles. The summed E-state index contributed by atoms with van der Waals surface area (Å²) in [7, 11) is 1.58. The minimum absolute atomic E-state index is 0.493. The molecule has 0 bridgehead atoms. The van der Waals surface area contributed by atoms with E-state index in [0.717, 1.165) is 14.4 Å². The van der Waals surface area contributed by atoms with Crippen molar-refractivity contribution in [2.24, 2.45) is 0 Å². The predicted molar refractivity (Wildman–Crippen MR) is 71.2 cm³/mol. The summed E-state index contributed by atoms with van der Waals surface area (Å²) in [5.41, 5.74) is 6.59. The molecule has 0 fully saturated rings. The van der Waals surface area contributed by atoms with Gasteiger partial charge < -0.3 is 10.5 Å². The van der Waals surface area contributed by atoms with Crippen LogP contribution < -0.4 is 10.5 Å². The van der Waals surface area contributed by atoms with E-state index < -0.39 is 0 Å². The fourth-order valence-electron chi connectivity index (χ4n) is 1.24. The number of nitrogens with two attached hydrogens (primary N) is 1. The van der Waals surface area contributed by atoms with Gasteiger partial charge >= 0.3 is 0 Å². The summed E-state index contributed by atoms with van der Waals surface area (Å²) in [6.45, 7) is 0. The number of hydrogen-bond donors (Lipinski definition) is 1. The van der Waals surface area contributed by atoms with Crippen LogP contribution in [0.15, 0.2) is 22.0 Å². The van der Waals surface area contributed by atoms with E-state index in [1.165, 1.54) is 11.3 Å². The standard InChI is InChI=1S/C10H8BrClN2OS/c1-15-7-3-2-5(4-6(7)12)10-14-9(13)8(11)16-10/h2-4H,13H2,1H3. The maximum atomic E-state index is 6.03. The van der Waals surface area contributed by atoms with Gasteiger partial charge in [-0.25, -0.2) is 4.98 Å². The molecule has 0 radical (unpaired) electrons. The van der Waals surface area contributed by atoms with Crippen LogP contribution in [0.4, 0.5) is 5.82 Å². The number of nitrogen functional groups attached to an aromatic ring is 1. The number of anilines is 1. The van der Waals surface area contributed by atoms with Crippen molar-refractivity contribution in [2.75, 3.05) is 12.8 Å². The number of rotatable bonds is 2. The molecular formula is C10H8BrClN2OS. The van der Waals surface area contributed by atoms with Crippen LogP contribution in [-0.4, -0.2) is 12.1 Å². The Hall–Kier alpha value is -0.780. The van der Waals surface area contributed by atoms with E-state index in [2.05, 4.69) is 20.9 Å². The maximum Gasteiger partial charge on any atom is 0.149 e. The molecule has 84 valence electrons. The highest BCUT2D eigenvalue weighted by molar-refractivity contribution is 9.11. The summed E-state index contributed by atoms with van der Waals surface area (Å²) < 4.78 is 5.91. The topological polar surface area (TPSA) is 48.1 Å². The number of halogens is 2. The molecule has 1 aromatic carbocycles. The van der Waals surface area contributed by atoms with Gasteiger partial charge in [0.25, 0.3) is 0 Å². The highest BCUT2D eigenvalue weighted by Crippen LogP contribution is 2.36. The Morgan fingerprint density at radius 3 is 2.75 bits per heavy atom. The van der Waals surface area contributed by atoms with E-state index in [1.807, 2.05) is 18.2 Å².